The van der Waals surface area contributed by atoms with Gasteiger partial charge in [-0.1, -0.05) is 237 Å². The Morgan fingerprint density at radius 1 is 0.459 bits per heavy atom. The third kappa shape index (κ3) is 47.7. The van der Waals surface area contributed by atoms with Crippen LogP contribution in [0.5, 0.6) is 0 Å². The molecular formula is C55H105NO5. The molecule has 0 aromatic heterocycles. The van der Waals surface area contributed by atoms with Crippen molar-refractivity contribution in [3.05, 3.63) is 24.3 Å². The van der Waals surface area contributed by atoms with Crippen molar-refractivity contribution in [1.29, 1.82) is 0 Å². The van der Waals surface area contributed by atoms with Gasteiger partial charge in [0.2, 0.25) is 5.91 Å². The van der Waals surface area contributed by atoms with E-state index in [0.717, 1.165) is 83.5 Å². The molecule has 0 aliphatic carbocycles. The van der Waals surface area contributed by atoms with E-state index in [1.165, 1.54) is 173 Å². The van der Waals surface area contributed by atoms with Crippen LogP contribution in [-0.4, -0.2) is 47.4 Å². The number of rotatable bonds is 50. The summed E-state index contributed by atoms with van der Waals surface area (Å²) < 4.78 is 5.44. The van der Waals surface area contributed by atoms with Gasteiger partial charge in [0.05, 0.1) is 25.4 Å². The second-order valence-corrected chi connectivity index (χ2v) is 18.6. The number of aliphatic hydroxyl groups is 2. The minimum absolute atomic E-state index is 0.0140. The molecule has 0 heterocycles. The quantitative estimate of drug-likeness (QED) is 0.0322. The van der Waals surface area contributed by atoms with Crippen LogP contribution in [0.15, 0.2) is 24.3 Å². The average molecular weight is 860 g/mol. The van der Waals surface area contributed by atoms with Crippen molar-refractivity contribution in [2.45, 2.75) is 302 Å². The average Bonchev–Trinajstić information content (AvgIpc) is 3.26. The summed E-state index contributed by atoms with van der Waals surface area (Å²) >= 11 is 0. The van der Waals surface area contributed by atoms with Gasteiger partial charge in [0.25, 0.3) is 0 Å². The van der Waals surface area contributed by atoms with Gasteiger partial charge in [0.15, 0.2) is 0 Å². The molecule has 0 rings (SSSR count). The monoisotopic (exact) mass is 860 g/mol. The molecule has 2 unspecified atom stereocenters. The highest BCUT2D eigenvalue weighted by molar-refractivity contribution is 5.76. The van der Waals surface area contributed by atoms with Crippen molar-refractivity contribution in [3.8, 4) is 0 Å². The molecule has 0 aliphatic heterocycles. The van der Waals surface area contributed by atoms with Gasteiger partial charge in [-0.25, -0.2) is 0 Å². The minimum Gasteiger partial charge on any atom is -0.466 e. The van der Waals surface area contributed by atoms with Gasteiger partial charge in [0, 0.05) is 12.8 Å². The molecule has 0 fully saturated rings. The molecule has 0 aromatic carbocycles. The van der Waals surface area contributed by atoms with Gasteiger partial charge >= 0.3 is 5.97 Å². The smallest absolute Gasteiger partial charge is 0.305 e. The van der Waals surface area contributed by atoms with E-state index in [9.17, 15) is 19.8 Å². The zero-order valence-corrected chi connectivity index (χ0v) is 40.9. The SMILES string of the molecule is CCCCCCCCCCCCCCCCC(O)C(CO)NC(=O)CCCCCCCCC/C=C\C/C=C\CCCCCOC(=O)CCCCCCCCCCCCCCC. The largest absolute Gasteiger partial charge is 0.466 e. The Bertz CT molecular complexity index is 951. The third-order valence-electron chi connectivity index (χ3n) is 12.5. The van der Waals surface area contributed by atoms with Gasteiger partial charge in [-0.15, -0.1) is 0 Å². The fourth-order valence-electron chi connectivity index (χ4n) is 8.32. The number of aliphatic hydroxyl groups excluding tert-OH is 2. The van der Waals surface area contributed by atoms with Crippen LogP contribution >= 0.6 is 0 Å². The lowest BCUT2D eigenvalue weighted by atomic mass is 10.0. The Kier molecular flexibility index (Phi) is 49.6. The van der Waals surface area contributed by atoms with Gasteiger partial charge in [-0.2, -0.15) is 0 Å². The van der Waals surface area contributed by atoms with Crippen molar-refractivity contribution in [2.24, 2.45) is 0 Å². The summed E-state index contributed by atoms with van der Waals surface area (Å²) in [5.41, 5.74) is 0. The van der Waals surface area contributed by atoms with Crippen molar-refractivity contribution < 1.29 is 24.5 Å². The van der Waals surface area contributed by atoms with Gasteiger partial charge in [-0.3, -0.25) is 9.59 Å². The summed E-state index contributed by atoms with van der Waals surface area (Å²) in [4.78, 5) is 24.4. The van der Waals surface area contributed by atoms with Crippen LogP contribution in [0.4, 0.5) is 0 Å². The van der Waals surface area contributed by atoms with Crippen LogP contribution in [0.3, 0.4) is 0 Å². The Morgan fingerprint density at radius 2 is 0.820 bits per heavy atom. The van der Waals surface area contributed by atoms with Crippen LogP contribution in [0.1, 0.15) is 290 Å². The highest BCUT2D eigenvalue weighted by atomic mass is 16.5. The van der Waals surface area contributed by atoms with Gasteiger partial charge in [-0.05, 0) is 64.2 Å². The molecule has 0 aliphatic rings. The van der Waals surface area contributed by atoms with E-state index in [-0.39, 0.29) is 18.5 Å². The normalized spacial score (nSPS) is 12.8. The van der Waals surface area contributed by atoms with Gasteiger partial charge in [0.1, 0.15) is 0 Å². The lowest BCUT2D eigenvalue weighted by Gasteiger charge is -2.22. The Labute approximate surface area is 380 Å². The third-order valence-corrected chi connectivity index (χ3v) is 12.5. The first-order chi connectivity index (χ1) is 30.0. The summed E-state index contributed by atoms with van der Waals surface area (Å²) in [7, 11) is 0. The van der Waals surface area contributed by atoms with E-state index in [1.807, 2.05) is 0 Å². The molecule has 0 saturated carbocycles. The molecule has 0 bridgehead atoms. The minimum atomic E-state index is -0.674. The topological polar surface area (TPSA) is 95.9 Å². The maximum Gasteiger partial charge on any atom is 0.305 e. The lowest BCUT2D eigenvalue weighted by molar-refractivity contribution is -0.143. The zero-order chi connectivity index (χ0) is 44.4. The van der Waals surface area contributed by atoms with Crippen molar-refractivity contribution in [2.75, 3.05) is 13.2 Å². The van der Waals surface area contributed by atoms with E-state index in [0.29, 0.717) is 25.9 Å². The first kappa shape index (κ1) is 59.3. The van der Waals surface area contributed by atoms with E-state index >= 15 is 0 Å². The standard InChI is InChI=1S/C55H105NO5/c1-3-5-7-9-11-13-15-17-24-27-31-35-39-43-47-53(58)52(51-57)56-54(59)48-44-40-36-32-28-25-21-19-18-20-22-26-30-34-38-42-46-50-61-55(60)49-45-41-37-33-29-23-16-14-12-10-8-6-4-2/h18,20,26,30,52-53,57-58H,3-17,19,21-25,27-29,31-51H2,1-2H3,(H,56,59)/b20-18-,30-26-. The number of carbonyl (C=O) groups excluding carboxylic acids is 2. The molecule has 0 radical (unpaired) electrons. The molecular weight excluding hydrogens is 755 g/mol. The molecule has 61 heavy (non-hydrogen) atoms. The molecule has 0 spiro atoms. The Balaban J connectivity index is 3.50. The van der Waals surface area contributed by atoms with Crippen molar-refractivity contribution >= 4 is 11.9 Å². The van der Waals surface area contributed by atoms with E-state index in [4.69, 9.17) is 4.74 Å². The number of esters is 1. The van der Waals surface area contributed by atoms with Crippen LogP contribution in [0, 0.1) is 0 Å². The molecule has 360 valence electrons. The summed E-state index contributed by atoms with van der Waals surface area (Å²) in [5.74, 6) is -0.0645. The molecule has 6 heteroatoms. The van der Waals surface area contributed by atoms with E-state index in [1.54, 1.807) is 0 Å². The number of hydrogen-bond acceptors (Lipinski definition) is 5. The van der Waals surface area contributed by atoms with E-state index < -0.39 is 12.1 Å². The molecule has 6 nitrogen and oxygen atoms in total. The predicted molar refractivity (Wildman–Crippen MR) is 264 cm³/mol. The number of nitrogens with one attached hydrogen (secondary N) is 1. The highest BCUT2D eigenvalue weighted by Gasteiger charge is 2.20. The summed E-state index contributed by atoms with van der Waals surface area (Å²) in [6.45, 7) is 4.91. The number of unbranched alkanes of at least 4 members (excludes halogenated alkanes) is 35. The lowest BCUT2D eigenvalue weighted by Crippen LogP contribution is -2.45. The second kappa shape index (κ2) is 51.0. The first-order valence-corrected chi connectivity index (χ1v) is 27.1. The van der Waals surface area contributed by atoms with Crippen LogP contribution in [0.25, 0.3) is 0 Å². The van der Waals surface area contributed by atoms with Crippen LogP contribution in [-0.2, 0) is 14.3 Å². The highest BCUT2D eigenvalue weighted by Crippen LogP contribution is 2.16. The Morgan fingerprint density at radius 3 is 1.25 bits per heavy atom. The number of hydrogen-bond donors (Lipinski definition) is 3. The predicted octanol–water partition coefficient (Wildman–Crippen LogP) is 16.3. The first-order valence-electron chi connectivity index (χ1n) is 27.1. The summed E-state index contributed by atoms with van der Waals surface area (Å²) in [6, 6.07) is -0.552. The Hall–Kier alpha value is -1.66. The van der Waals surface area contributed by atoms with Crippen molar-refractivity contribution in [1.82, 2.24) is 5.32 Å². The maximum atomic E-state index is 12.4. The van der Waals surface area contributed by atoms with Gasteiger partial charge < -0.3 is 20.3 Å². The molecule has 0 saturated heterocycles. The number of ether oxygens (including phenoxy) is 1. The fraction of sp³-hybridized carbons (Fsp3) is 0.891. The second-order valence-electron chi connectivity index (χ2n) is 18.6. The molecule has 0 aromatic rings. The van der Waals surface area contributed by atoms with Crippen LogP contribution in [0.2, 0.25) is 0 Å². The molecule has 2 atom stereocenters. The zero-order valence-electron chi connectivity index (χ0n) is 40.9. The molecule has 1 amide bonds. The maximum absolute atomic E-state index is 12.4. The number of allylic oxidation sites excluding steroid dienone is 4. The van der Waals surface area contributed by atoms with E-state index in [2.05, 4.69) is 43.5 Å². The number of carbonyl (C=O) groups is 2. The van der Waals surface area contributed by atoms with Crippen LogP contribution < -0.4 is 5.32 Å². The van der Waals surface area contributed by atoms with Crippen molar-refractivity contribution in [3.63, 3.8) is 0 Å². The summed E-state index contributed by atoms with van der Waals surface area (Å²) in [5, 5.41) is 23.2. The molecule has 3 N–H and O–H groups in total. The number of amides is 1. The summed E-state index contributed by atoms with van der Waals surface area (Å²) in [6.07, 6.45) is 60.1. The fourth-order valence-corrected chi connectivity index (χ4v) is 8.32.